The van der Waals surface area contributed by atoms with Crippen molar-refractivity contribution in [2.24, 2.45) is 0 Å². The number of rotatable bonds is 49. The summed E-state index contributed by atoms with van der Waals surface area (Å²) in [6.45, 7) is 6.31. The molecule has 0 heterocycles. The number of unbranched alkanes of at least 4 members (excludes halogenated alkanes) is 21. The molecule has 0 radical (unpaired) electrons. The van der Waals surface area contributed by atoms with Crippen LogP contribution in [-0.2, 0) is 14.3 Å². The Labute approximate surface area is 419 Å². The fraction of sp³-hybridized carbons (Fsp3) is 0.677. The summed E-state index contributed by atoms with van der Waals surface area (Å²) in [4.78, 5) is 26.2. The van der Waals surface area contributed by atoms with Gasteiger partial charge in [0.2, 0.25) is 5.91 Å². The van der Waals surface area contributed by atoms with E-state index in [1.54, 1.807) is 6.08 Å². The quantitative estimate of drug-likeness (QED) is 0.0321. The lowest BCUT2D eigenvalue weighted by Gasteiger charge is -2.23. The van der Waals surface area contributed by atoms with E-state index in [1.165, 1.54) is 103 Å². The minimum Gasteiger partial charge on any atom is -0.458 e. The summed E-state index contributed by atoms with van der Waals surface area (Å²) in [6, 6.07) is -0.753. The van der Waals surface area contributed by atoms with E-state index in [1.807, 2.05) is 6.08 Å². The van der Waals surface area contributed by atoms with Crippen LogP contribution in [0.3, 0.4) is 0 Å². The van der Waals surface area contributed by atoms with Gasteiger partial charge >= 0.3 is 5.97 Å². The number of carbonyl (C=O) groups is 2. The fourth-order valence-electron chi connectivity index (χ4n) is 7.85. The number of amides is 1. The highest BCUT2D eigenvalue weighted by Crippen LogP contribution is 2.16. The van der Waals surface area contributed by atoms with E-state index in [0.29, 0.717) is 19.3 Å². The van der Waals surface area contributed by atoms with Crippen LogP contribution in [0, 0.1) is 0 Å². The molecule has 3 N–H and O–H groups in total. The highest BCUT2D eigenvalue weighted by atomic mass is 16.5. The lowest BCUT2D eigenvalue weighted by Crippen LogP contribution is -2.46. The van der Waals surface area contributed by atoms with Crippen LogP contribution in [0.1, 0.15) is 245 Å². The topological polar surface area (TPSA) is 95.9 Å². The summed E-state index contributed by atoms with van der Waals surface area (Å²) >= 11 is 0. The first kappa shape index (κ1) is 64.5. The number of allylic oxidation sites excluding steroid dienone is 17. The smallest absolute Gasteiger partial charge is 0.306 e. The fourth-order valence-corrected chi connectivity index (χ4v) is 7.85. The van der Waals surface area contributed by atoms with Crippen molar-refractivity contribution in [3.8, 4) is 0 Å². The van der Waals surface area contributed by atoms with Gasteiger partial charge in [0.25, 0.3) is 0 Å². The van der Waals surface area contributed by atoms with Crippen LogP contribution in [-0.4, -0.2) is 46.9 Å². The maximum atomic E-state index is 13.2. The van der Waals surface area contributed by atoms with Crippen molar-refractivity contribution in [1.29, 1.82) is 0 Å². The van der Waals surface area contributed by atoms with Crippen molar-refractivity contribution < 1.29 is 24.5 Å². The summed E-state index contributed by atoms with van der Waals surface area (Å²) in [5.41, 5.74) is 0. The summed E-state index contributed by atoms with van der Waals surface area (Å²) in [7, 11) is 0. The van der Waals surface area contributed by atoms with E-state index in [2.05, 4.69) is 123 Å². The number of ether oxygens (including phenoxy) is 1. The van der Waals surface area contributed by atoms with Gasteiger partial charge < -0.3 is 20.3 Å². The molecule has 0 aromatic carbocycles. The first-order valence-corrected chi connectivity index (χ1v) is 28.1. The molecule has 0 rings (SSSR count). The van der Waals surface area contributed by atoms with E-state index >= 15 is 0 Å². The molecule has 3 unspecified atom stereocenters. The summed E-state index contributed by atoms with van der Waals surface area (Å²) < 4.78 is 5.84. The van der Waals surface area contributed by atoms with Crippen molar-refractivity contribution in [1.82, 2.24) is 5.32 Å². The number of esters is 1. The third-order valence-electron chi connectivity index (χ3n) is 12.1. The average Bonchev–Trinajstić information content (AvgIpc) is 3.33. The van der Waals surface area contributed by atoms with Gasteiger partial charge in [0, 0.05) is 6.42 Å². The van der Waals surface area contributed by atoms with Gasteiger partial charge in [-0.25, -0.2) is 0 Å². The van der Waals surface area contributed by atoms with Crippen LogP contribution in [0.4, 0.5) is 0 Å². The van der Waals surface area contributed by atoms with Crippen molar-refractivity contribution in [3.05, 3.63) is 109 Å². The van der Waals surface area contributed by atoms with Gasteiger partial charge in [-0.2, -0.15) is 0 Å². The van der Waals surface area contributed by atoms with Gasteiger partial charge in [-0.1, -0.05) is 246 Å². The van der Waals surface area contributed by atoms with Gasteiger partial charge in [0.15, 0.2) is 0 Å². The van der Waals surface area contributed by atoms with Gasteiger partial charge in [0.1, 0.15) is 6.10 Å². The van der Waals surface area contributed by atoms with E-state index in [4.69, 9.17) is 4.74 Å². The third kappa shape index (κ3) is 49.0. The molecule has 0 aromatic heterocycles. The van der Waals surface area contributed by atoms with Crippen molar-refractivity contribution in [2.45, 2.75) is 264 Å². The van der Waals surface area contributed by atoms with Gasteiger partial charge in [0.05, 0.1) is 25.2 Å². The molecule has 3 atom stereocenters. The maximum Gasteiger partial charge on any atom is 0.306 e. The standard InChI is InChI=1S/C62H105NO5/c1-4-7-10-13-16-19-22-25-27-29-30-32-34-37-40-43-46-49-52-55-62(67)68-58(53-50-47-44-41-38-36-33-31-28-26-23-20-17-14-11-8-5-2)56-61(66)63-59(57-64)60(65)54-51-48-45-42-39-35-24-21-18-15-12-9-6-3/h8,11,16-17,19-20,25-28,30,32-33,36,41,44,50,53,58-60,64-65H,4-7,9-10,12-15,18,21-24,29,31,34-35,37-40,42-43,45-49,51-52,54-57H2,1-3H3,(H,63,66)/b11-8-,19-16-,20-17-,27-25-,28-26-,32-30-,36-33-,44-41-,53-50-. The summed E-state index contributed by atoms with van der Waals surface area (Å²) in [5, 5.41) is 23.8. The monoisotopic (exact) mass is 944 g/mol. The van der Waals surface area contributed by atoms with Gasteiger partial charge in [-0.3, -0.25) is 9.59 Å². The molecule has 6 nitrogen and oxygen atoms in total. The third-order valence-corrected chi connectivity index (χ3v) is 12.1. The Kier molecular flexibility index (Phi) is 51.7. The molecule has 0 saturated carbocycles. The number of carbonyl (C=O) groups excluding carboxylic acids is 2. The number of aliphatic hydroxyl groups excluding tert-OH is 2. The molecule has 0 aliphatic heterocycles. The molecular weight excluding hydrogens is 839 g/mol. The number of aliphatic hydroxyl groups is 2. The van der Waals surface area contributed by atoms with Crippen LogP contribution in [0.15, 0.2) is 109 Å². The minimum atomic E-state index is -0.829. The molecule has 1 amide bonds. The zero-order valence-corrected chi connectivity index (χ0v) is 44.2. The van der Waals surface area contributed by atoms with Crippen molar-refractivity contribution >= 4 is 11.9 Å². The van der Waals surface area contributed by atoms with E-state index in [9.17, 15) is 19.8 Å². The predicted molar refractivity (Wildman–Crippen MR) is 296 cm³/mol. The molecule has 0 bridgehead atoms. The SMILES string of the molecule is CC/C=C\C/C=C\C/C=C\C/C=C\C/C=C\C/C=C\C(CC(=O)NC(CO)C(O)CCCCCCCCCCCCCCC)OC(=O)CCCCCCCC/C=C\C/C=C\C/C=C\CCCCC. The highest BCUT2D eigenvalue weighted by molar-refractivity contribution is 5.78. The Morgan fingerprint density at radius 2 is 0.824 bits per heavy atom. The molecule has 0 aromatic rings. The van der Waals surface area contributed by atoms with Crippen LogP contribution < -0.4 is 5.32 Å². The Bertz CT molecular complexity index is 1380. The second-order valence-electron chi connectivity index (χ2n) is 18.6. The maximum absolute atomic E-state index is 13.2. The zero-order valence-electron chi connectivity index (χ0n) is 44.2. The van der Waals surface area contributed by atoms with Gasteiger partial charge in [-0.05, 0) is 96.0 Å². The molecule has 0 saturated heterocycles. The highest BCUT2D eigenvalue weighted by Gasteiger charge is 2.23. The normalized spacial score (nSPS) is 14.0. The van der Waals surface area contributed by atoms with Crippen molar-refractivity contribution in [3.63, 3.8) is 0 Å². The first-order valence-electron chi connectivity index (χ1n) is 28.1. The van der Waals surface area contributed by atoms with Crippen molar-refractivity contribution in [2.75, 3.05) is 6.61 Å². The Hall–Kier alpha value is -3.48. The van der Waals surface area contributed by atoms with Crippen LogP contribution in [0.25, 0.3) is 0 Å². The second kappa shape index (κ2) is 54.5. The number of hydrogen-bond donors (Lipinski definition) is 3. The molecular formula is C62H105NO5. The zero-order chi connectivity index (χ0) is 49.5. The lowest BCUT2D eigenvalue weighted by molar-refractivity contribution is -0.148. The number of nitrogens with one attached hydrogen (secondary N) is 1. The van der Waals surface area contributed by atoms with Crippen LogP contribution in [0.2, 0.25) is 0 Å². The van der Waals surface area contributed by atoms with E-state index < -0.39 is 18.2 Å². The second-order valence-corrected chi connectivity index (χ2v) is 18.6. The minimum absolute atomic E-state index is 0.0584. The Morgan fingerprint density at radius 3 is 1.28 bits per heavy atom. The first-order chi connectivity index (χ1) is 33.5. The number of hydrogen-bond acceptors (Lipinski definition) is 5. The molecule has 0 spiro atoms. The summed E-state index contributed by atoms with van der Waals surface area (Å²) in [6.07, 6.45) is 74.6. The lowest BCUT2D eigenvalue weighted by atomic mass is 10.0. The van der Waals surface area contributed by atoms with Crippen LogP contribution >= 0.6 is 0 Å². The molecule has 6 heteroatoms. The molecule has 0 aliphatic rings. The molecule has 0 aliphatic carbocycles. The molecule has 388 valence electrons. The average molecular weight is 945 g/mol. The Morgan fingerprint density at radius 1 is 0.456 bits per heavy atom. The Balaban J connectivity index is 4.77. The predicted octanol–water partition coefficient (Wildman–Crippen LogP) is 17.5. The molecule has 68 heavy (non-hydrogen) atoms. The van der Waals surface area contributed by atoms with E-state index in [-0.39, 0.29) is 24.9 Å². The summed E-state index contributed by atoms with van der Waals surface area (Å²) in [5.74, 6) is -0.649. The largest absolute Gasteiger partial charge is 0.458 e. The van der Waals surface area contributed by atoms with Crippen LogP contribution in [0.5, 0.6) is 0 Å². The van der Waals surface area contributed by atoms with Gasteiger partial charge in [-0.15, -0.1) is 0 Å². The van der Waals surface area contributed by atoms with E-state index in [0.717, 1.165) is 96.3 Å². The molecule has 0 fully saturated rings.